The van der Waals surface area contributed by atoms with Crippen LogP contribution in [0.15, 0.2) is 24.3 Å². The Labute approximate surface area is 237 Å². The highest BCUT2D eigenvalue weighted by atomic mass is 16.6. The number of allylic oxidation sites excluding steroid dienone is 1. The van der Waals surface area contributed by atoms with E-state index in [1.165, 1.54) is 0 Å². The Kier molecular flexibility index (Phi) is 10.4. The standard InChI is InChI=1S/C30H45N3O7/c1-3-4-9-16-32-17-12-15-30-25(27(36)33(26(30)28(32)37)18-10-5-6-11-19-34)24-22(40-30)13-7-8-14-23(35)31-20-21(2)39-29(24)38/h7,12-13,15,21-22,24-26,34H,3-6,8-11,14,16-20H2,1-2H3,(H,31,35)/b13-7-/t21-,22-,24+,25+,26-,30+/m0/s1. The Morgan fingerprint density at radius 3 is 2.58 bits per heavy atom. The molecule has 3 amide bonds. The summed E-state index contributed by atoms with van der Waals surface area (Å²) in [6, 6.07) is -0.867. The Bertz CT molecular complexity index is 998. The number of cyclic esters (lactones) is 1. The Morgan fingerprint density at radius 2 is 1.80 bits per heavy atom. The van der Waals surface area contributed by atoms with E-state index in [0.29, 0.717) is 45.3 Å². The first-order valence-electron chi connectivity index (χ1n) is 15.0. The number of carbonyl (C=O) groups is 4. The van der Waals surface area contributed by atoms with Crippen molar-refractivity contribution >= 4 is 23.7 Å². The lowest BCUT2D eigenvalue weighted by Crippen LogP contribution is -2.55. The van der Waals surface area contributed by atoms with E-state index in [0.717, 1.165) is 32.1 Å². The van der Waals surface area contributed by atoms with Crippen molar-refractivity contribution in [3.8, 4) is 0 Å². The SMILES string of the molecule is CCCCCN1CC=C[C@@]23O[C@H]4/C=C\CCC(=O)NC[C@H](C)OC(=O)[C@H]4[C@@H]2C(=O)N(CCCCCCO)[C@H]3C1=O. The molecule has 0 radical (unpaired) electrons. The molecular formula is C30H45N3O7. The first-order chi connectivity index (χ1) is 19.3. The largest absolute Gasteiger partial charge is 0.460 e. The number of carbonyl (C=O) groups excluding carboxylic acids is 4. The highest BCUT2D eigenvalue weighted by Gasteiger charge is 2.71. The molecule has 10 nitrogen and oxygen atoms in total. The average molecular weight is 560 g/mol. The number of amides is 3. The quantitative estimate of drug-likeness (QED) is 0.239. The van der Waals surface area contributed by atoms with Crippen molar-refractivity contribution in [3.05, 3.63) is 24.3 Å². The third-order valence-electron chi connectivity index (χ3n) is 8.46. The number of fused-ring (bicyclic) bond motifs is 2. The van der Waals surface area contributed by atoms with Crippen LogP contribution in [-0.4, -0.2) is 95.2 Å². The van der Waals surface area contributed by atoms with E-state index in [9.17, 15) is 19.2 Å². The Balaban J connectivity index is 1.69. The first-order valence-corrected chi connectivity index (χ1v) is 15.0. The zero-order valence-corrected chi connectivity index (χ0v) is 23.9. The molecule has 4 aliphatic heterocycles. The summed E-state index contributed by atoms with van der Waals surface area (Å²) in [5.41, 5.74) is -1.28. The van der Waals surface area contributed by atoms with Crippen LogP contribution in [0.5, 0.6) is 0 Å². The van der Waals surface area contributed by atoms with Gasteiger partial charge < -0.3 is 29.7 Å². The lowest BCUT2D eigenvalue weighted by Gasteiger charge is -2.35. The third kappa shape index (κ3) is 6.28. The van der Waals surface area contributed by atoms with Crippen LogP contribution in [-0.2, 0) is 28.7 Å². The summed E-state index contributed by atoms with van der Waals surface area (Å²) in [6.45, 7) is 5.54. The molecule has 0 aliphatic carbocycles. The molecule has 0 saturated carbocycles. The Hall–Kier alpha value is -2.72. The van der Waals surface area contributed by atoms with E-state index in [-0.39, 0.29) is 30.9 Å². The van der Waals surface area contributed by atoms with E-state index >= 15 is 0 Å². The van der Waals surface area contributed by atoms with Gasteiger partial charge in [0, 0.05) is 32.7 Å². The number of aliphatic hydroxyl groups is 1. The van der Waals surface area contributed by atoms with E-state index < -0.39 is 41.7 Å². The number of nitrogens with zero attached hydrogens (tertiary/aromatic N) is 2. The maximum atomic E-state index is 14.2. The van der Waals surface area contributed by atoms with Crippen molar-refractivity contribution in [2.45, 2.75) is 95.5 Å². The van der Waals surface area contributed by atoms with Gasteiger partial charge in [-0.2, -0.15) is 0 Å². The van der Waals surface area contributed by atoms with Gasteiger partial charge in [-0.25, -0.2) is 0 Å². The van der Waals surface area contributed by atoms with Gasteiger partial charge in [-0.05, 0) is 32.6 Å². The molecule has 10 heteroatoms. The molecule has 222 valence electrons. The third-order valence-corrected chi connectivity index (χ3v) is 8.46. The minimum Gasteiger partial charge on any atom is -0.460 e. The molecule has 0 unspecified atom stereocenters. The number of ether oxygens (including phenoxy) is 2. The molecule has 6 atom stereocenters. The first kappa shape index (κ1) is 30.2. The van der Waals surface area contributed by atoms with Gasteiger partial charge in [-0.1, -0.05) is 56.9 Å². The minimum atomic E-state index is -1.28. The number of unbranched alkanes of at least 4 members (excludes halogenated alkanes) is 5. The van der Waals surface area contributed by atoms with E-state index in [1.54, 1.807) is 17.9 Å². The van der Waals surface area contributed by atoms with E-state index in [2.05, 4.69) is 12.2 Å². The predicted molar refractivity (Wildman–Crippen MR) is 148 cm³/mol. The molecule has 0 aromatic carbocycles. The molecule has 1 spiro atoms. The molecular weight excluding hydrogens is 514 g/mol. The summed E-state index contributed by atoms with van der Waals surface area (Å²) in [4.78, 5) is 57.6. The maximum Gasteiger partial charge on any atom is 0.313 e. The van der Waals surface area contributed by atoms with Gasteiger partial charge in [-0.15, -0.1) is 0 Å². The fourth-order valence-corrected chi connectivity index (χ4v) is 6.45. The monoisotopic (exact) mass is 559 g/mol. The summed E-state index contributed by atoms with van der Waals surface area (Å²) in [5.74, 6) is -2.89. The minimum absolute atomic E-state index is 0.126. The molecule has 4 rings (SSSR count). The molecule has 0 aromatic rings. The predicted octanol–water partition coefficient (Wildman–Crippen LogP) is 2.11. The summed E-state index contributed by atoms with van der Waals surface area (Å²) in [5, 5.41) is 11.9. The van der Waals surface area contributed by atoms with Crippen LogP contribution in [0.25, 0.3) is 0 Å². The molecule has 4 aliphatic rings. The normalized spacial score (nSPS) is 33.3. The van der Waals surface area contributed by atoms with Gasteiger partial charge in [-0.3, -0.25) is 19.2 Å². The van der Waals surface area contributed by atoms with Gasteiger partial charge in [0.05, 0.1) is 18.6 Å². The molecule has 0 bridgehead atoms. The average Bonchev–Trinajstić information content (AvgIpc) is 3.31. The molecule has 40 heavy (non-hydrogen) atoms. The second-order valence-electron chi connectivity index (χ2n) is 11.4. The lowest BCUT2D eigenvalue weighted by atomic mass is 9.78. The molecule has 2 N–H and O–H groups in total. The smallest absolute Gasteiger partial charge is 0.313 e. The van der Waals surface area contributed by atoms with Gasteiger partial charge in [0.25, 0.3) is 0 Å². The lowest BCUT2D eigenvalue weighted by molar-refractivity contribution is -0.158. The molecule has 2 saturated heterocycles. The van der Waals surface area contributed by atoms with Crippen molar-refractivity contribution < 1.29 is 33.8 Å². The molecule has 4 heterocycles. The fraction of sp³-hybridized carbons (Fsp3) is 0.733. The van der Waals surface area contributed by atoms with Crippen molar-refractivity contribution in [2.75, 3.05) is 32.8 Å². The number of esters is 1. The summed E-state index contributed by atoms with van der Waals surface area (Å²) >= 11 is 0. The highest BCUT2D eigenvalue weighted by molar-refractivity contribution is 5.99. The van der Waals surface area contributed by atoms with E-state index in [4.69, 9.17) is 14.6 Å². The second kappa shape index (κ2) is 13.8. The van der Waals surface area contributed by atoms with E-state index in [1.807, 2.05) is 23.1 Å². The number of hydrogen-bond donors (Lipinski definition) is 2. The summed E-state index contributed by atoms with van der Waals surface area (Å²) in [6.07, 6.45) is 12.7. The number of likely N-dealkylation sites (tertiary alicyclic amines) is 1. The van der Waals surface area contributed by atoms with Crippen LogP contribution in [0.4, 0.5) is 0 Å². The highest BCUT2D eigenvalue weighted by Crippen LogP contribution is 2.53. The summed E-state index contributed by atoms with van der Waals surface area (Å²) in [7, 11) is 0. The molecule has 0 aromatic heterocycles. The topological polar surface area (TPSA) is 125 Å². The number of nitrogens with one attached hydrogen (secondary N) is 1. The van der Waals surface area contributed by atoms with Crippen LogP contribution >= 0.6 is 0 Å². The summed E-state index contributed by atoms with van der Waals surface area (Å²) < 4.78 is 12.4. The number of hydrogen-bond acceptors (Lipinski definition) is 7. The number of rotatable bonds is 10. The van der Waals surface area contributed by atoms with Crippen molar-refractivity contribution in [1.82, 2.24) is 15.1 Å². The van der Waals surface area contributed by atoms with Gasteiger partial charge in [0.2, 0.25) is 17.7 Å². The zero-order chi connectivity index (χ0) is 28.7. The van der Waals surface area contributed by atoms with Crippen molar-refractivity contribution in [3.63, 3.8) is 0 Å². The Morgan fingerprint density at radius 1 is 1.02 bits per heavy atom. The number of aliphatic hydroxyl groups excluding tert-OH is 1. The maximum absolute atomic E-state index is 14.2. The zero-order valence-electron chi connectivity index (χ0n) is 23.9. The van der Waals surface area contributed by atoms with Crippen LogP contribution in [0.3, 0.4) is 0 Å². The van der Waals surface area contributed by atoms with Gasteiger partial charge in [0.1, 0.15) is 23.7 Å². The second-order valence-corrected chi connectivity index (χ2v) is 11.4. The van der Waals surface area contributed by atoms with Crippen LogP contribution in [0.1, 0.15) is 71.6 Å². The van der Waals surface area contributed by atoms with Gasteiger partial charge in [0.15, 0.2) is 0 Å². The van der Waals surface area contributed by atoms with Crippen LogP contribution in [0.2, 0.25) is 0 Å². The van der Waals surface area contributed by atoms with Crippen molar-refractivity contribution in [1.29, 1.82) is 0 Å². The van der Waals surface area contributed by atoms with Crippen LogP contribution < -0.4 is 5.32 Å². The van der Waals surface area contributed by atoms with Crippen LogP contribution in [0, 0.1) is 11.8 Å². The fourth-order valence-electron chi connectivity index (χ4n) is 6.45. The van der Waals surface area contributed by atoms with Crippen molar-refractivity contribution in [2.24, 2.45) is 11.8 Å². The van der Waals surface area contributed by atoms with Gasteiger partial charge >= 0.3 is 5.97 Å². The molecule has 2 fully saturated rings.